The first-order valence-corrected chi connectivity index (χ1v) is 3.60. The highest BCUT2D eigenvalue weighted by atomic mass is 32.1. The van der Waals surface area contributed by atoms with E-state index in [4.69, 9.17) is 0 Å². The number of thiol groups is 1. The predicted octanol–water partition coefficient (Wildman–Crippen LogP) is 2.57. The van der Waals surface area contributed by atoms with Gasteiger partial charge in [0, 0.05) is 0 Å². The number of anilines is 1. The van der Waals surface area contributed by atoms with Gasteiger partial charge in [0.2, 0.25) is 0 Å². The molecule has 0 aliphatic carbocycles. The molecule has 0 bridgehead atoms. The second kappa shape index (κ2) is 3.69. The lowest BCUT2D eigenvalue weighted by molar-refractivity contribution is 0.270. The molecule has 1 aromatic carbocycles. The lowest BCUT2D eigenvalue weighted by Gasteiger charge is -2.03. The van der Waals surface area contributed by atoms with Crippen LogP contribution >= 0.6 is 12.6 Å². The average Bonchev–Trinajstić information content (AvgIpc) is 2.06. The van der Waals surface area contributed by atoms with Crippen LogP contribution in [0.5, 0.6) is 0 Å². The highest BCUT2D eigenvalue weighted by molar-refractivity contribution is 7.96. The Bertz CT molecular complexity index is 356. The van der Waals surface area contributed by atoms with Gasteiger partial charge in [0.25, 0.3) is 5.24 Å². The van der Waals surface area contributed by atoms with Crippen LogP contribution in [0.4, 0.5) is 23.7 Å². The second-order valence-electron chi connectivity index (χ2n) is 2.15. The van der Waals surface area contributed by atoms with E-state index in [-0.39, 0.29) is 0 Å². The SMILES string of the molecule is O=C(S)Nc1ccc(F)c(F)c1F. The van der Waals surface area contributed by atoms with Crippen LogP contribution in [-0.4, -0.2) is 5.24 Å². The van der Waals surface area contributed by atoms with Gasteiger partial charge in [-0.15, -0.1) is 0 Å². The molecule has 0 radical (unpaired) electrons. The fourth-order valence-corrected chi connectivity index (χ4v) is 0.858. The molecule has 1 amide bonds. The van der Waals surface area contributed by atoms with E-state index in [0.29, 0.717) is 6.07 Å². The number of carbonyl (C=O) groups excluding carboxylic acids is 1. The summed E-state index contributed by atoms with van der Waals surface area (Å²) in [6.07, 6.45) is 0. The molecular formula is C7H4F3NOS. The Balaban J connectivity index is 3.10. The Labute approximate surface area is 77.2 Å². The topological polar surface area (TPSA) is 29.1 Å². The number of benzene rings is 1. The average molecular weight is 207 g/mol. The normalized spacial score (nSPS) is 9.85. The molecule has 0 aliphatic rings. The molecule has 0 spiro atoms. The van der Waals surface area contributed by atoms with Crippen molar-refractivity contribution in [2.24, 2.45) is 0 Å². The van der Waals surface area contributed by atoms with Crippen LogP contribution in [0.1, 0.15) is 0 Å². The van der Waals surface area contributed by atoms with E-state index in [1.807, 2.05) is 5.32 Å². The molecular weight excluding hydrogens is 203 g/mol. The van der Waals surface area contributed by atoms with Gasteiger partial charge in [-0.25, -0.2) is 13.2 Å². The summed E-state index contributed by atoms with van der Waals surface area (Å²) < 4.78 is 37.6. The maximum Gasteiger partial charge on any atom is 0.280 e. The van der Waals surface area contributed by atoms with Crippen LogP contribution in [0.25, 0.3) is 0 Å². The third-order valence-electron chi connectivity index (χ3n) is 1.28. The molecule has 2 nitrogen and oxygen atoms in total. The Morgan fingerprint density at radius 1 is 1.23 bits per heavy atom. The molecule has 0 unspecified atom stereocenters. The first-order valence-electron chi connectivity index (χ1n) is 3.16. The molecule has 1 rings (SSSR count). The maximum atomic E-state index is 12.8. The van der Waals surface area contributed by atoms with Gasteiger partial charge in [-0.2, -0.15) is 0 Å². The Morgan fingerprint density at radius 3 is 2.38 bits per heavy atom. The quantitative estimate of drug-likeness (QED) is 0.537. The molecule has 70 valence electrons. The van der Waals surface area contributed by atoms with E-state index in [9.17, 15) is 18.0 Å². The Hall–Kier alpha value is -1.17. The number of halogens is 3. The predicted molar refractivity (Wildman–Crippen MR) is 44.3 cm³/mol. The van der Waals surface area contributed by atoms with Crippen molar-refractivity contribution < 1.29 is 18.0 Å². The van der Waals surface area contributed by atoms with Crippen LogP contribution in [0.2, 0.25) is 0 Å². The van der Waals surface area contributed by atoms with Crippen molar-refractivity contribution in [3.8, 4) is 0 Å². The smallest absolute Gasteiger partial charge is 0.280 e. The zero-order valence-corrected chi connectivity index (χ0v) is 7.04. The second-order valence-corrected chi connectivity index (χ2v) is 2.56. The van der Waals surface area contributed by atoms with Crippen molar-refractivity contribution in [1.29, 1.82) is 0 Å². The molecule has 0 atom stereocenters. The Morgan fingerprint density at radius 2 is 1.85 bits per heavy atom. The molecule has 0 heterocycles. The van der Waals surface area contributed by atoms with Crippen LogP contribution in [-0.2, 0) is 0 Å². The molecule has 0 fully saturated rings. The summed E-state index contributed by atoms with van der Waals surface area (Å²) in [5.74, 6) is -4.38. The summed E-state index contributed by atoms with van der Waals surface area (Å²) in [5, 5.41) is 1.03. The molecule has 6 heteroatoms. The van der Waals surface area contributed by atoms with E-state index in [1.165, 1.54) is 0 Å². The number of hydrogen-bond donors (Lipinski definition) is 2. The molecule has 0 aromatic heterocycles. The molecule has 0 aliphatic heterocycles. The lowest BCUT2D eigenvalue weighted by Crippen LogP contribution is -2.05. The zero-order valence-electron chi connectivity index (χ0n) is 6.14. The molecule has 13 heavy (non-hydrogen) atoms. The fourth-order valence-electron chi connectivity index (χ4n) is 0.738. The van der Waals surface area contributed by atoms with Gasteiger partial charge in [0.1, 0.15) is 0 Å². The van der Waals surface area contributed by atoms with Crippen molar-refractivity contribution >= 4 is 23.6 Å². The summed E-state index contributed by atoms with van der Waals surface area (Å²) in [5.41, 5.74) is -0.445. The summed E-state index contributed by atoms with van der Waals surface area (Å²) in [4.78, 5) is 10.3. The zero-order chi connectivity index (χ0) is 10.0. The maximum absolute atomic E-state index is 12.8. The van der Waals surface area contributed by atoms with Gasteiger partial charge < -0.3 is 5.32 Å². The number of nitrogens with one attached hydrogen (secondary N) is 1. The number of hydrogen-bond acceptors (Lipinski definition) is 1. The summed E-state index contributed by atoms with van der Waals surface area (Å²) in [6.45, 7) is 0. The van der Waals surface area contributed by atoms with Crippen molar-refractivity contribution in [2.45, 2.75) is 0 Å². The van der Waals surface area contributed by atoms with Crippen LogP contribution in [0.3, 0.4) is 0 Å². The number of rotatable bonds is 1. The van der Waals surface area contributed by atoms with Gasteiger partial charge in [0.15, 0.2) is 17.5 Å². The highest BCUT2D eigenvalue weighted by Gasteiger charge is 2.13. The van der Waals surface area contributed by atoms with Crippen LogP contribution < -0.4 is 5.32 Å². The Kier molecular flexibility index (Phi) is 2.82. The molecule has 1 aromatic rings. The summed E-state index contributed by atoms with van der Waals surface area (Å²) in [6, 6.07) is 1.61. The molecule has 0 saturated heterocycles. The molecule has 0 saturated carbocycles. The van der Waals surface area contributed by atoms with E-state index in [1.54, 1.807) is 0 Å². The monoisotopic (exact) mass is 207 g/mol. The minimum Gasteiger partial charge on any atom is -0.314 e. The van der Waals surface area contributed by atoms with Crippen molar-refractivity contribution in [3.05, 3.63) is 29.6 Å². The van der Waals surface area contributed by atoms with Gasteiger partial charge in [-0.05, 0) is 12.1 Å². The fraction of sp³-hybridized carbons (Fsp3) is 0. The van der Waals surface area contributed by atoms with Gasteiger partial charge >= 0.3 is 0 Å². The number of carbonyl (C=O) groups is 1. The third kappa shape index (κ3) is 2.15. The van der Waals surface area contributed by atoms with E-state index >= 15 is 0 Å². The highest BCUT2D eigenvalue weighted by Crippen LogP contribution is 2.19. The van der Waals surface area contributed by atoms with Crippen molar-refractivity contribution in [3.63, 3.8) is 0 Å². The minimum absolute atomic E-state index is 0.445. The van der Waals surface area contributed by atoms with Crippen LogP contribution in [0.15, 0.2) is 12.1 Å². The van der Waals surface area contributed by atoms with Crippen LogP contribution in [0, 0.1) is 17.5 Å². The van der Waals surface area contributed by atoms with Gasteiger partial charge in [-0.1, -0.05) is 12.6 Å². The van der Waals surface area contributed by atoms with Gasteiger partial charge in [-0.3, -0.25) is 4.79 Å². The molecule has 1 N–H and O–H groups in total. The minimum atomic E-state index is -1.63. The third-order valence-corrected chi connectivity index (χ3v) is 1.39. The van der Waals surface area contributed by atoms with Gasteiger partial charge in [0.05, 0.1) is 5.69 Å². The standard InChI is InChI=1S/C7H4F3NOS/c8-3-1-2-4(11-7(12)13)6(10)5(3)9/h1-2H,(H2,11,12,13). The summed E-state index contributed by atoms with van der Waals surface area (Å²) >= 11 is 3.28. The summed E-state index contributed by atoms with van der Waals surface area (Å²) in [7, 11) is 0. The van der Waals surface area contributed by atoms with E-state index in [2.05, 4.69) is 12.6 Å². The lowest BCUT2D eigenvalue weighted by atomic mass is 10.3. The first-order chi connectivity index (χ1) is 6.02. The number of amides is 1. The van der Waals surface area contributed by atoms with Crippen molar-refractivity contribution in [2.75, 3.05) is 5.32 Å². The first kappa shape index (κ1) is 9.91. The van der Waals surface area contributed by atoms with E-state index < -0.39 is 28.4 Å². The van der Waals surface area contributed by atoms with E-state index in [0.717, 1.165) is 6.07 Å². The van der Waals surface area contributed by atoms with Crippen molar-refractivity contribution in [1.82, 2.24) is 0 Å². The largest absolute Gasteiger partial charge is 0.314 e.